The lowest BCUT2D eigenvalue weighted by Crippen LogP contribution is -2.54. The van der Waals surface area contributed by atoms with Gasteiger partial charge in [-0.25, -0.2) is 14.4 Å². The minimum Gasteiger partial charge on any atom is -0.497 e. The van der Waals surface area contributed by atoms with Crippen LogP contribution in [-0.4, -0.2) is 74.5 Å². The summed E-state index contributed by atoms with van der Waals surface area (Å²) in [6.45, 7) is 31.3. The largest absolute Gasteiger partial charge is 0.497 e. The summed E-state index contributed by atoms with van der Waals surface area (Å²) >= 11 is 0. The van der Waals surface area contributed by atoms with E-state index in [4.69, 9.17) is 27.8 Å². The van der Waals surface area contributed by atoms with E-state index in [1.807, 2.05) is 0 Å². The molecule has 1 N–H and O–H groups in total. The SMILES string of the molecule is COc1ccc(Cn2c(=O)ccn([C@@H]3O[C@H](/C=C(/NC(=O)OC(C)(C)C)C(=O)OC(C)(C)C)[C@@H](O[Si](C)(C)C(C)(C)C)[C@H]3O[Si](C)(C)C(C)(C)C)c2=O)cc1. The Kier molecular flexibility index (Phi) is 13.8. The van der Waals surface area contributed by atoms with Crippen molar-refractivity contribution in [3.8, 4) is 5.75 Å². The fourth-order valence-corrected chi connectivity index (χ4v) is 7.76. The van der Waals surface area contributed by atoms with Crippen LogP contribution < -0.4 is 21.3 Å². The number of rotatable bonds is 11. The van der Waals surface area contributed by atoms with E-state index in [2.05, 4.69) is 73.0 Å². The van der Waals surface area contributed by atoms with Crippen LogP contribution in [0.1, 0.15) is 94.9 Å². The van der Waals surface area contributed by atoms with Gasteiger partial charge in [0.05, 0.1) is 13.7 Å². The molecule has 0 saturated carbocycles. The number of nitrogens with one attached hydrogen (secondary N) is 1. The topological polar surface area (TPSA) is 146 Å². The molecule has 15 heteroatoms. The Morgan fingerprint density at radius 3 is 1.76 bits per heavy atom. The molecule has 0 aliphatic carbocycles. The van der Waals surface area contributed by atoms with Crippen LogP contribution in [0.4, 0.5) is 4.79 Å². The third kappa shape index (κ3) is 12.0. The van der Waals surface area contributed by atoms with Crippen LogP contribution >= 0.6 is 0 Å². The van der Waals surface area contributed by atoms with Crippen molar-refractivity contribution in [1.29, 1.82) is 0 Å². The average molecular weight is 804 g/mol. The minimum absolute atomic E-state index is 0.00118. The van der Waals surface area contributed by atoms with Crippen LogP contribution in [0.3, 0.4) is 0 Å². The molecule has 2 aromatic rings. The number of hydrogen-bond acceptors (Lipinski definition) is 10. The van der Waals surface area contributed by atoms with Gasteiger partial charge in [-0.3, -0.25) is 19.2 Å². The molecule has 308 valence electrons. The fourth-order valence-electron chi connectivity index (χ4n) is 5.17. The summed E-state index contributed by atoms with van der Waals surface area (Å²) in [7, 11) is -3.71. The maximum Gasteiger partial charge on any atom is 0.412 e. The lowest BCUT2D eigenvalue weighted by Gasteiger charge is -2.44. The highest BCUT2D eigenvalue weighted by Crippen LogP contribution is 2.46. The van der Waals surface area contributed by atoms with Gasteiger partial charge in [-0.2, -0.15) is 0 Å². The van der Waals surface area contributed by atoms with Crippen LogP contribution in [0.15, 0.2) is 57.9 Å². The van der Waals surface area contributed by atoms with Crippen molar-refractivity contribution in [2.75, 3.05) is 7.11 Å². The molecule has 2 heterocycles. The van der Waals surface area contributed by atoms with E-state index in [-0.39, 0.29) is 22.3 Å². The van der Waals surface area contributed by atoms with E-state index in [0.29, 0.717) is 11.3 Å². The molecule has 0 unspecified atom stereocenters. The summed E-state index contributed by atoms with van der Waals surface area (Å²) < 4.78 is 40.1. The number of alkyl carbamates (subject to hydrolysis) is 1. The van der Waals surface area contributed by atoms with E-state index in [1.54, 1.807) is 72.9 Å². The fraction of sp³-hybridized carbons (Fsp3) is 0.650. The number of carbonyl (C=O) groups is 2. The third-order valence-electron chi connectivity index (χ3n) is 10.2. The normalized spacial score (nSPS) is 20.3. The lowest BCUT2D eigenvalue weighted by molar-refractivity contribution is -0.150. The first-order valence-electron chi connectivity index (χ1n) is 18.8. The standard InChI is InChI=1S/C40H65N3O10Si2/c1-37(2,3)50-34(45)28(41-35(46)51-38(4,5)6)24-29-31(52-54(14,15)39(7,8)9)32(53-55(16,17)40(10,11)12)33(49-29)42-23-22-30(44)43(36(42)47)25-26-18-20-27(48-13)21-19-26/h18-24,29,31-33H,25H2,1-17H3,(H,41,46)/b28-24+/t29-,31-,32-,33-/m1/s1. The Balaban J connectivity index is 2.33. The molecule has 0 radical (unpaired) electrons. The summed E-state index contributed by atoms with van der Waals surface area (Å²) in [4.78, 5) is 54.6. The van der Waals surface area contributed by atoms with E-state index < -0.39 is 75.7 Å². The summed E-state index contributed by atoms with van der Waals surface area (Å²) in [6.07, 6.45) is -1.91. The lowest BCUT2D eigenvalue weighted by atomic mass is 10.1. The van der Waals surface area contributed by atoms with Gasteiger partial charge in [0.1, 0.15) is 41.0 Å². The second-order valence-corrected chi connectivity index (χ2v) is 28.7. The Morgan fingerprint density at radius 2 is 1.29 bits per heavy atom. The maximum atomic E-state index is 14.4. The van der Waals surface area contributed by atoms with Crippen molar-refractivity contribution >= 4 is 28.7 Å². The number of hydrogen-bond donors (Lipinski definition) is 1. The summed E-state index contributed by atoms with van der Waals surface area (Å²) in [5.41, 5.74) is -2.37. The highest BCUT2D eigenvalue weighted by atomic mass is 28.4. The predicted octanol–water partition coefficient (Wildman–Crippen LogP) is 7.50. The van der Waals surface area contributed by atoms with Crippen LogP contribution in [-0.2, 0) is 34.4 Å². The van der Waals surface area contributed by atoms with Gasteiger partial charge in [0, 0.05) is 12.3 Å². The molecule has 0 bridgehead atoms. The number of benzene rings is 1. The van der Waals surface area contributed by atoms with Crippen molar-refractivity contribution in [2.45, 2.75) is 162 Å². The molecule has 1 aromatic carbocycles. The number of methoxy groups -OCH3 is 1. The van der Waals surface area contributed by atoms with E-state index in [0.717, 1.165) is 4.57 Å². The molecular weight excluding hydrogens is 739 g/mol. The first-order chi connectivity index (χ1) is 24.9. The molecule has 1 amide bonds. The van der Waals surface area contributed by atoms with Gasteiger partial charge in [-0.15, -0.1) is 0 Å². The van der Waals surface area contributed by atoms with Gasteiger partial charge < -0.3 is 27.8 Å². The van der Waals surface area contributed by atoms with Crippen molar-refractivity contribution in [1.82, 2.24) is 14.5 Å². The van der Waals surface area contributed by atoms with Gasteiger partial charge in [0.15, 0.2) is 22.9 Å². The quantitative estimate of drug-likeness (QED) is 0.138. The zero-order valence-corrected chi connectivity index (χ0v) is 38.0. The molecular formula is C40H65N3O10Si2. The molecule has 1 saturated heterocycles. The second-order valence-electron chi connectivity index (χ2n) is 19.2. The van der Waals surface area contributed by atoms with E-state index in [9.17, 15) is 19.2 Å². The third-order valence-corrected chi connectivity index (χ3v) is 19.1. The number of nitrogens with zero attached hydrogens (tertiary/aromatic N) is 2. The molecule has 1 aromatic heterocycles. The number of esters is 1. The van der Waals surface area contributed by atoms with Gasteiger partial charge >= 0.3 is 17.8 Å². The summed E-state index contributed by atoms with van der Waals surface area (Å²) in [6, 6.07) is 8.42. The Morgan fingerprint density at radius 1 is 0.782 bits per heavy atom. The molecule has 55 heavy (non-hydrogen) atoms. The van der Waals surface area contributed by atoms with E-state index in [1.165, 1.54) is 22.9 Å². The molecule has 4 atom stereocenters. The first-order valence-corrected chi connectivity index (χ1v) is 24.6. The van der Waals surface area contributed by atoms with Gasteiger partial charge in [-0.1, -0.05) is 53.7 Å². The molecule has 13 nitrogen and oxygen atoms in total. The average Bonchev–Trinajstić information content (AvgIpc) is 3.30. The smallest absolute Gasteiger partial charge is 0.412 e. The van der Waals surface area contributed by atoms with Crippen molar-refractivity contribution in [3.05, 3.63) is 74.7 Å². The Bertz CT molecular complexity index is 1820. The zero-order chi connectivity index (χ0) is 42.1. The van der Waals surface area contributed by atoms with E-state index >= 15 is 0 Å². The number of carbonyl (C=O) groups excluding carboxylic acids is 2. The van der Waals surface area contributed by atoms with Crippen molar-refractivity contribution in [2.24, 2.45) is 0 Å². The van der Waals surface area contributed by atoms with Gasteiger partial charge in [0.2, 0.25) is 0 Å². The zero-order valence-electron chi connectivity index (χ0n) is 36.0. The highest BCUT2D eigenvalue weighted by molar-refractivity contribution is 6.74. The highest BCUT2D eigenvalue weighted by Gasteiger charge is 2.54. The second kappa shape index (κ2) is 16.5. The summed E-state index contributed by atoms with van der Waals surface area (Å²) in [5, 5.41) is 2.07. The molecule has 1 fully saturated rings. The molecule has 1 aliphatic heterocycles. The number of amides is 1. The van der Waals surface area contributed by atoms with Crippen molar-refractivity contribution < 1.29 is 37.4 Å². The van der Waals surface area contributed by atoms with Crippen LogP contribution in [0.25, 0.3) is 0 Å². The van der Waals surface area contributed by atoms with Crippen molar-refractivity contribution in [3.63, 3.8) is 0 Å². The Hall–Kier alpha value is -3.51. The number of aromatic nitrogens is 2. The molecule has 1 aliphatic rings. The molecule has 0 spiro atoms. The number of ether oxygens (including phenoxy) is 4. The first kappa shape index (κ1) is 45.9. The van der Waals surface area contributed by atoms with Crippen LogP contribution in [0.5, 0.6) is 5.75 Å². The molecule has 3 rings (SSSR count). The maximum absolute atomic E-state index is 14.4. The van der Waals surface area contributed by atoms with Gasteiger partial charge in [0.25, 0.3) is 5.56 Å². The van der Waals surface area contributed by atoms with Crippen LogP contribution in [0, 0.1) is 0 Å². The monoisotopic (exact) mass is 803 g/mol. The van der Waals surface area contributed by atoms with Gasteiger partial charge in [-0.05, 0) is 102 Å². The predicted molar refractivity (Wildman–Crippen MR) is 218 cm³/mol. The van der Waals surface area contributed by atoms with Crippen LogP contribution in [0.2, 0.25) is 36.3 Å². The summed E-state index contributed by atoms with van der Waals surface area (Å²) in [5.74, 6) is -0.172. The minimum atomic E-state index is -2.64. The Labute approximate surface area is 328 Å².